The molecule has 0 radical (unpaired) electrons. The SMILES string of the molecule is CC1CCN(Cc2ccc(C(F)(F)F)cc2)CC1c1ncc2cnc3[nH]ccc3n12. The van der Waals surface area contributed by atoms with Gasteiger partial charge in [-0.25, -0.2) is 9.97 Å². The summed E-state index contributed by atoms with van der Waals surface area (Å²) in [6, 6.07) is 7.49. The number of nitrogens with one attached hydrogen (secondary N) is 1. The fourth-order valence-electron chi connectivity index (χ4n) is 4.44. The second-order valence-corrected chi connectivity index (χ2v) is 8.15. The molecular formula is C22H22F3N5. The van der Waals surface area contributed by atoms with Gasteiger partial charge in [-0.1, -0.05) is 19.1 Å². The summed E-state index contributed by atoms with van der Waals surface area (Å²) in [5.41, 5.74) is 3.08. The van der Waals surface area contributed by atoms with Crippen LogP contribution in [0.1, 0.15) is 36.2 Å². The van der Waals surface area contributed by atoms with Crippen LogP contribution in [0.3, 0.4) is 0 Å². The van der Waals surface area contributed by atoms with Gasteiger partial charge in [-0.3, -0.25) is 9.30 Å². The average molecular weight is 413 g/mol. The van der Waals surface area contributed by atoms with Crippen LogP contribution in [0.5, 0.6) is 0 Å². The zero-order valence-corrected chi connectivity index (χ0v) is 16.5. The Morgan fingerprint density at radius 3 is 2.63 bits per heavy atom. The Bertz CT molecular complexity index is 1180. The van der Waals surface area contributed by atoms with Crippen molar-refractivity contribution in [1.29, 1.82) is 0 Å². The number of alkyl halides is 3. The highest BCUT2D eigenvalue weighted by Gasteiger charge is 2.32. The minimum absolute atomic E-state index is 0.233. The van der Waals surface area contributed by atoms with Gasteiger partial charge in [0.15, 0.2) is 5.65 Å². The minimum Gasteiger partial charge on any atom is -0.345 e. The first-order valence-electron chi connectivity index (χ1n) is 10.1. The molecule has 1 aliphatic rings. The summed E-state index contributed by atoms with van der Waals surface area (Å²) in [6.07, 6.45) is 2.27. The molecule has 4 heterocycles. The van der Waals surface area contributed by atoms with E-state index in [4.69, 9.17) is 4.98 Å². The van der Waals surface area contributed by atoms with Crippen molar-refractivity contribution in [2.75, 3.05) is 13.1 Å². The molecule has 5 rings (SSSR count). The molecule has 0 amide bonds. The van der Waals surface area contributed by atoms with Gasteiger partial charge in [-0.2, -0.15) is 13.2 Å². The number of likely N-dealkylation sites (tertiary alicyclic amines) is 1. The van der Waals surface area contributed by atoms with Crippen LogP contribution < -0.4 is 0 Å². The highest BCUT2D eigenvalue weighted by molar-refractivity contribution is 5.75. The van der Waals surface area contributed by atoms with Crippen molar-refractivity contribution in [2.45, 2.75) is 32.0 Å². The number of rotatable bonds is 3. The summed E-state index contributed by atoms with van der Waals surface area (Å²) in [5, 5.41) is 0. The Morgan fingerprint density at radius 1 is 1.10 bits per heavy atom. The topological polar surface area (TPSA) is 49.2 Å². The van der Waals surface area contributed by atoms with Crippen molar-refractivity contribution < 1.29 is 13.2 Å². The number of benzene rings is 1. The summed E-state index contributed by atoms with van der Waals surface area (Å²) >= 11 is 0. The van der Waals surface area contributed by atoms with Crippen LogP contribution in [-0.4, -0.2) is 37.3 Å². The smallest absolute Gasteiger partial charge is 0.345 e. The monoisotopic (exact) mass is 413 g/mol. The Labute approximate surface area is 171 Å². The minimum atomic E-state index is -4.30. The number of piperidine rings is 1. The Balaban J connectivity index is 1.41. The molecule has 1 N–H and O–H groups in total. The third-order valence-corrected chi connectivity index (χ3v) is 6.15. The van der Waals surface area contributed by atoms with Gasteiger partial charge in [0.05, 0.1) is 29.0 Å². The molecule has 5 nitrogen and oxygen atoms in total. The maximum absolute atomic E-state index is 12.8. The molecule has 2 unspecified atom stereocenters. The highest BCUT2D eigenvalue weighted by atomic mass is 19.4. The zero-order chi connectivity index (χ0) is 20.9. The molecule has 30 heavy (non-hydrogen) atoms. The lowest BCUT2D eigenvalue weighted by Crippen LogP contribution is -2.38. The number of halogens is 3. The summed E-state index contributed by atoms with van der Waals surface area (Å²) in [7, 11) is 0. The first kappa shape index (κ1) is 19.1. The lowest BCUT2D eigenvalue weighted by Gasteiger charge is -2.36. The van der Waals surface area contributed by atoms with Crippen molar-refractivity contribution in [3.8, 4) is 0 Å². The molecule has 0 spiro atoms. The maximum Gasteiger partial charge on any atom is 0.416 e. The number of fused-ring (bicyclic) bond motifs is 3. The van der Waals surface area contributed by atoms with Gasteiger partial charge in [0.1, 0.15) is 5.82 Å². The summed E-state index contributed by atoms with van der Waals surface area (Å²) in [4.78, 5) is 14.6. The fraction of sp³-hybridized carbons (Fsp3) is 0.364. The number of hydrogen-bond donors (Lipinski definition) is 1. The molecule has 4 aromatic rings. The molecule has 1 saturated heterocycles. The van der Waals surface area contributed by atoms with Gasteiger partial charge in [-0.15, -0.1) is 0 Å². The van der Waals surface area contributed by atoms with E-state index in [2.05, 4.69) is 26.2 Å². The zero-order valence-electron chi connectivity index (χ0n) is 16.5. The lowest BCUT2D eigenvalue weighted by atomic mass is 9.86. The van der Waals surface area contributed by atoms with E-state index in [1.165, 1.54) is 0 Å². The second-order valence-electron chi connectivity index (χ2n) is 8.15. The molecule has 1 aromatic carbocycles. The molecule has 1 fully saturated rings. The van der Waals surface area contributed by atoms with Gasteiger partial charge in [-0.05, 0) is 42.6 Å². The van der Waals surface area contributed by atoms with Crippen LogP contribution in [0.2, 0.25) is 0 Å². The van der Waals surface area contributed by atoms with Crippen molar-refractivity contribution in [3.05, 3.63) is 65.9 Å². The number of H-pyrrole nitrogens is 1. The van der Waals surface area contributed by atoms with Crippen molar-refractivity contribution in [1.82, 2.24) is 24.3 Å². The summed E-state index contributed by atoms with van der Waals surface area (Å²) in [6.45, 7) is 4.61. The van der Waals surface area contributed by atoms with E-state index in [0.29, 0.717) is 12.5 Å². The van der Waals surface area contributed by atoms with E-state index in [1.54, 1.807) is 12.1 Å². The lowest BCUT2D eigenvalue weighted by molar-refractivity contribution is -0.137. The largest absolute Gasteiger partial charge is 0.416 e. The number of hydrogen-bond acceptors (Lipinski definition) is 3. The van der Waals surface area contributed by atoms with Gasteiger partial charge in [0, 0.05) is 25.2 Å². The first-order valence-corrected chi connectivity index (χ1v) is 10.1. The van der Waals surface area contributed by atoms with Gasteiger partial charge < -0.3 is 4.98 Å². The Hall–Kier alpha value is -2.87. The van der Waals surface area contributed by atoms with Crippen molar-refractivity contribution >= 4 is 16.7 Å². The van der Waals surface area contributed by atoms with E-state index in [0.717, 1.165) is 59.7 Å². The number of nitrogens with zero attached hydrogens (tertiary/aromatic N) is 4. The van der Waals surface area contributed by atoms with E-state index in [9.17, 15) is 13.2 Å². The Morgan fingerprint density at radius 2 is 1.87 bits per heavy atom. The number of aromatic amines is 1. The molecule has 3 aromatic heterocycles. The molecule has 8 heteroatoms. The third-order valence-electron chi connectivity index (χ3n) is 6.15. The van der Waals surface area contributed by atoms with Crippen LogP contribution in [0.15, 0.2) is 48.9 Å². The highest BCUT2D eigenvalue weighted by Crippen LogP contribution is 2.34. The predicted molar refractivity (Wildman–Crippen MR) is 108 cm³/mol. The summed E-state index contributed by atoms with van der Waals surface area (Å²) < 4.78 is 40.6. The normalized spacial score (nSPS) is 20.9. The predicted octanol–water partition coefficient (Wildman–Crippen LogP) is 4.86. The van der Waals surface area contributed by atoms with E-state index in [1.807, 2.05) is 24.7 Å². The molecule has 1 aliphatic heterocycles. The van der Waals surface area contributed by atoms with Crippen LogP contribution >= 0.6 is 0 Å². The van der Waals surface area contributed by atoms with Crippen LogP contribution in [0.25, 0.3) is 16.7 Å². The van der Waals surface area contributed by atoms with Crippen LogP contribution in [0.4, 0.5) is 13.2 Å². The number of aromatic nitrogens is 4. The fourth-order valence-corrected chi connectivity index (χ4v) is 4.44. The average Bonchev–Trinajstić information content (AvgIpc) is 3.35. The van der Waals surface area contributed by atoms with E-state index in [-0.39, 0.29) is 5.92 Å². The van der Waals surface area contributed by atoms with E-state index < -0.39 is 11.7 Å². The number of imidazole rings is 1. The molecule has 2 atom stereocenters. The van der Waals surface area contributed by atoms with Gasteiger partial charge >= 0.3 is 6.18 Å². The third kappa shape index (κ3) is 3.35. The van der Waals surface area contributed by atoms with Gasteiger partial charge in [0.25, 0.3) is 0 Å². The standard InChI is InChI=1S/C22H22F3N5/c1-14-7-9-29(12-15-2-4-16(5-3-15)22(23,24)25)13-18(14)21-28-11-17-10-27-20-19(30(17)21)6-8-26-20/h2-6,8,10-11,14,18,26H,7,9,12-13H2,1H3. The second kappa shape index (κ2) is 7.12. The van der Waals surface area contributed by atoms with Crippen molar-refractivity contribution in [3.63, 3.8) is 0 Å². The quantitative estimate of drug-likeness (QED) is 0.522. The van der Waals surface area contributed by atoms with E-state index >= 15 is 0 Å². The van der Waals surface area contributed by atoms with Gasteiger partial charge in [0.2, 0.25) is 0 Å². The molecular weight excluding hydrogens is 391 g/mol. The Kier molecular flexibility index (Phi) is 4.54. The van der Waals surface area contributed by atoms with Crippen LogP contribution in [0, 0.1) is 5.92 Å². The molecule has 0 aliphatic carbocycles. The first-order chi connectivity index (χ1) is 14.4. The van der Waals surface area contributed by atoms with Crippen LogP contribution in [-0.2, 0) is 12.7 Å². The molecule has 0 bridgehead atoms. The summed E-state index contributed by atoms with van der Waals surface area (Å²) in [5.74, 6) is 1.71. The molecule has 156 valence electrons. The molecule has 0 saturated carbocycles. The van der Waals surface area contributed by atoms with Crippen molar-refractivity contribution in [2.24, 2.45) is 5.92 Å². The maximum atomic E-state index is 12.8.